The van der Waals surface area contributed by atoms with Gasteiger partial charge in [0.05, 0.1) is 16.7 Å². The minimum absolute atomic E-state index is 0.602. The molecule has 17 rings (SSSR count). The number of para-hydroxylation sites is 1. The van der Waals surface area contributed by atoms with E-state index in [0.717, 1.165) is 55.3 Å². The van der Waals surface area contributed by atoms with E-state index < -0.39 is 0 Å². The summed E-state index contributed by atoms with van der Waals surface area (Å²) in [7, 11) is 0. The van der Waals surface area contributed by atoms with Crippen LogP contribution in [-0.2, 0) is 0 Å². The van der Waals surface area contributed by atoms with E-state index in [1.165, 1.54) is 95.6 Å². The fourth-order valence-corrected chi connectivity index (χ4v) is 13.9. The van der Waals surface area contributed by atoms with Crippen molar-refractivity contribution in [2.24, 2.45) is 0 Å². The normalized spacial score (nSPS) is 12.1. The molecule has 0 aliphatic heterocycles. The lowest BCUT2D eigenvalue weighted by Gasteiger charge is -2.17. The molecule has 0 saturated heterocycles. The summed E-state index contributed by atoms with van der Waals surface area (Å²) < 4.78 is 5.01. The van der Waals surface area contributed by atoms with Gasteiger partial charge in [-0.15, -0.1) is 11.3 Å². The monoisotopic (exact) mass is 1010 g/mol. The van der Waals surface area contributed by atoms with Crippen LogP contribution in [0.25, 0.3) is 168 Å². The molecule has 4 nitrogen and oxygen atoms in total. The van der Waals surface area contributed by atoms with Crippen LogP contribution in [0.4, 0.5) is 0 Å². The van der Waals surface area contributed by atoms with Crippen LogP contribution in [0.1, 0.15) is 0 Å². The highest BCUT2D eigenvalue weighted by molar-refractivity contribution is 7.25. The largest absolute Gasteiger partial charge is 0.309 e. The summed E-state index contributed by atoms with van der Waals surface area (Å²) in [6, 6.07) is 93.1. The molecule has 0 aliphatic carbocycles. The van der Waals surface area contributed by atoms with Gasteiger partial charge in [-0.2, -0.15) is 0 Å². The molecule has 5 heteroatoms. The van der Waals surface area contributed by atoms with Gasteiger partial charge in [-0.1, -0.05) is 188 Å². The number of aromatic nitrogens is 4. The molecule has 0 unspecified atom stereocenters. The van der Waals surface area contributed by atoms with Crippen molar-refractivity contribution in [3.05, 3.63) is 255 Å². The Morgan fingerprint density at radius 2 is 0.641 bits per heavy atom. The van der Waals surface area contributed by atoms with Crippen LogP contribution in [0.2, 0.25) is 0 Å². The zero-order valence-electron chi connectivity index (χ0n) is 41.9. The van der Waals surface area contributed by atoms with Gasteiger partial charge in [0, 0.05) is 53.2 Å². The minimum Gasteiger partial charge on any atom is -0.309 e. The fourth-order valence-electron chi connectivity index (χ4n) is 12.8. The van der Waals surface area contributed by atoms with Crippen molar-refractivity contribution in [2.45, 2.75) is 0 Å². The van der Waals surface area contributed by atoms with Gasteiger partial charge in [-0.05, 0) is 148 Å². The average Bonchev–Trinajstić information content (AvgIpc) is 4.21. The molecule has 360 valence electrons. The van der Waals surface area contributed by atoms with E-state index in [2.05, 4.69) is 259 Å². The Kier molecular flexibility index (Phi) is 9.26. The quantitative estimate of drug-likeness (QED) is 0.161. The first-order valence-electron chi connectivity index (χ1n) is 26.6. The third-order valence-corrected chi connectivity index (χ3v) is 17.5. The fraction of sp³-hybridized carbons (Fsp3) is 0. The summed E-state index contributed by atoms with van der Waals surface area (Å²) in [5, 5.41) is 21.9. The van der Waals surface area contributed by atoms with Gasteiger partial charge in [0.1, 0.15) is 0 Å². The van der Waals surface area contributed by atoms with Crippen LogP contribution in [0.3, 0.4) is 0 Å². The molecular weight excluding hydrogens is 965 g/mol. The smallest absolute Gasteiger partial charge is 0.164 e. The zero-order valence-corrected chi connectivity index (χ0v) is 42.8. The maximum Gasteiger partial charge on any atom is 0.164 e. The number of hydrogen-bond acceptors (Lipinski definition) is 4. The second-order valence-corrected chi connectivity index (χ2v) is 21.7. The van der Waals surface area contributed by atoms with Crippen LogP contribution < -0.4 is 0 Å². The lowest BCUT2D eigenvalue weighted by Crippen LogP contribution is -2.02. The maximum atomic E-state index is 5.52. The molecule has 0 spiro atoms. The molecule has 0 radical (unpaired) electrons. The van der Waals surface area contributed by atoms with Gasteiger partial charge >= 0.3 is 0 Å². The van der Waals surface area contributed by atoms with Crippen LogP contribution >= 0.6 is 11.3 Å². The third kappa shape index (κ3) is 6.49. The summed E-state index contributed by atoms with van der Waals surface area (Å²) in [6.07, 6.45) is 0. The van der Waals surface area contributed by atoms with Crippen LogP contribution in [0.5, 0.6) is 0 Å². The lowest BCUT2D eigenvalue weighted by molar-refractivity contribution is 1.07. The van der Waals surface area contributed by atoms with Gasteiger partial charge in [-0.25, -0.2) is 15.0 Å². The first-order valence-corrected chi connectivity index (χ1v) is 27.4. The highest BCUT2D eigenvalue weighted by atomic mass is 32.1. The first kappa shape index (κ1) is 43.2. The Morgan fingerprint density at radius 1 is 0.244 bits per heavy atom. The lowest BCUT2D eigenvalue weighted by atomic mass is 9.93. The van der Waals surface area contributed by atoms with Crippen molar-refractivity contribution in [2.75, 3.05) is 0 Å². The van der Waals surface area contributed by atoms with Crippen molar-refractivity contribution in [3.8, 4) is 51.0 Å². The van der Waals surface area contributed by atoms with Gasteiger partial charge in [-0.3, -0.25) is 0 Å². The molecule has 78 heavy (non-hydrogen) atoms. The summed E-state index contributed by atoms with van der Waals surface area (Å²) in [4.78, 5) is 16.5. The standard InChI is InChI=1S/C73H42N4S/c1-2-16-44-42-68-64(37-43(44)15-1)59-25-11-13-27-66(59)77(68)67-35-31-48(39-61(67)45-32-36-70-65(38-45)60-26-12-14-28-69(60)78-70)73-75-71(46-29-33-57-53-21-5-3-17-49(53)51-19-7-9-23-55(51)62(57)40-46)74-72(76-73)47-30-34-58-54-22-6-4-18-50(54)52-20-8-10-24-56(52)63(58)41-47/h1-42H. The van der Waals surface area contributed by atoms with Gasteiger partial charge < -0.3 is 4.57 Å². The highest BCUT2D eigenvalue weighted by Gasteiger charge is 2.22. The van der Waals surface area contributed by atoms with E-state index in [0.29, 0.717) is 17.5 Å². The Labute approximate surface area is 451 Å². The molecule has 17 aromatic rings. The molecule has 0 fully saturated rings. The number of thiophene rings is 1. The Balaban J connectivity index is 0.938. The molecule has 0 N–H and O–H groups in total. The predicted molar refractivity (Wildman–Crippen MR) is 331 cm³/mol. The van der Waals surface area contributed by atoms with E-state index >= 15 is 0 Å². The molecule has 0 saturated carbocycles. The number of hydrogen-bond donors (Lipinski definition) is 0. The van der Waals surface area contributed by atoms with E-state index in [1.807, 2.05) is 11.3 Å². The van der Waals surface area contributed by atoms with E-state index in [4.69, 9.17) is 15.0 Å². The topological polar surface area (TPSA) is 43.6 Å². The van der Waals surface area contributed by atoms with Gasteiger partial charge in [0.2, 0.25) is 0 Å². The van der Waals surface area contributed by atoms with Crippen molar-refractivity contribution in [1.29, 1.82) is 0 Å². The summed E-state index contributed by atoms with van der Waals surface area (Å²) in [5.41, 5.74) is 8.33. The maximum absolute atomic E-state index is 5.52. The van der Waals surface area contributed by atoms with Crippen molar-refractivity contribution < 1.29 is 0 Å². The Morgan fingerprint density at radius 3 is 1.21 bits per heavy atom. The number of nitrogens with zero attached hydrogens (tertiary/aromatic N) is 4. The summed E-state index contributed by atoms with van der Waals surface area (Å²) in [6.45, 7) is 0. The molecule has 3 aromatic heterocycles. The van der Waals surface area contributed by atoms with Gasteiger partial charge in [0.15, 0.2) is 17.5 Å². The van der Waals surface area contributed by atoms with E-state index in [9.17, 15) is 0 Å². The minimum atomic E-state index is 0.602. The average molecular weight is 1010 g/mol. The van der Waals surface area contributed by atoms with Crippen LogP contribution in [0.15, 0.2) is 255 Å². The van der Waals surface area contributed by atoms with E-state index in [1.54, 1.807) is 0 Å². The Hall–Kier alpha value is -10.1. The summed E-state index contributed by atoms with van der Waals surface area (Å²) >= 11 is 1.84. The number of fused-ring (bicyclic) bond motifs is 19. The van der Waals surface area contributed by atoms with Gasteiger partial charge in [0.25, 0.3) is 0 Å². The second kappa shape index (κ2) is 16.7. The molecule has 0 bridgehead atoms. The molecule has 14 aromatic carbocycles. The number of rotatable bonds is 5. The van der Waals surface area contributed by atoms with E-state index in [-0.39, 0.29) is 0 Å². The summed E-state index contributed by atoms with van der Waals surface area (Å²) in [5.74, 6) is 1.83. The van der Waals surface area contributed by atoms with Crippen molar-refractivity contribution in [3.63, 3.8) is 0 Å². The highest BCUT2D eigenvalue weighted by Crippen LogP contribution is 2.44. The van der Waals surface area contributed by atoms with Crippen molar-refractivity contribution in [1.82, 2.24) is 19.5 Å². The molecule has 3 heterocycles. The second-order valence-electron chi connectivity index (χ2n) is 20.6. The van der Waals surface area contributed by atoms with Crippen molar-refractivity contribution >= 4 is 129 Å². The van der Waals surface area contributed by atoms with Crippen LogP contribution in [0, 0.1) is 0 Å². The zero-order chi connectivity index (χ0) is 51.0. The number of benzene rings is 14. The molecular formula is C73H42N4S. The first-order chi connectivity index (χ1) is 38.6. The molecule has 0 amide bonds. The predicted octanol–water partition coefficient (Wildman–Crippen LogP) is 20.1. The Bertz CT molecular complexity index is 5170. The van der Waals surface area contributed by atoms with Crippen LogP contribution in [-0.4, -0.2) is 19.5 Å². The third-order valence-electron chi connectivity index (χ3n) is 16.4. The molecule has 0 atom stereocenters. The molecule has 0 aliphatic rings. The SMILES string of the molecule is c1ccc2cc3c(cc2c1)c1ccccc1n3-c1ccc(-c2nc(-c3ccc4c5ccccc5c5ccccc5c4c3)nc(-c3ccc4c5ccccc5c5ccccc5c4c3)n2)cc1-c1ccc2sc3ccccc3c2c1.